The van der Waals surface area contributed by atoms with Gasteiger partial charge in [0.2, 0.25) is 5.91 Å². The zero-order valence-corrected chi connectivity index (χ0v) is 15.3. The van der Waals surface area contributed by atoms with E-state index in [0.717, 1.165) is 5.75 Å². The highest BCUT2D eigenvalue weighted by Gasteiger charge is 2.06. The van der Waals surface area contributed by atoms with Crippen LogP contribution >= 0.6 is 0 Å². The molecule has 0 radical (unpaired) electrons. The van der Waals surface area contributed by atoms with Crippen molar-refractivity contribution in [3.63, 3.8) is 0 Å². The predicted molar refractivity (Wildman–Crippen MR) is 104 cm³/mol. The molecule has 0 saturated heterocycles. The van der Waals surface area contributed by atoms with Gasteiger partial charge in [0.05, 0.1) is 13.2 Å². The number of hydrogen-bond acceptors (Lipinski definition) is 4. The van der Waals surface area contributed by atoms with Crippen molar-refractivity contribution in [2.45, 2.75) is 13.8 Å². The summed E-state index contributed by atoms with van der Waals surface area (Å²) in [5.74, 6) is 0.804. The third-order valence-corrected chi connectivity index (χ3v) is 3.51. The second-order valence-electron chi connectivity index (χ2n) is 6.29. The number of benzene rings is 2. The minimum Gasteiger partial charge on any atom is -0.493 e. The number of nitrogens with one attached hydrogen (secondary N) is 3. The van der Waals surface area contributed by atoms with E-state index in [1.165, 1.54) is 0 Å². The first-order valence-electron chi connectivity index (χ1n) is 8.56. The van der Waals surface area contributed by atoms with Crippen LogP contribution in [0.5, 0.6) is 5.75 Å². The van der Waals surface area contributed by atoms with E-state index in [-0.39, 0.29) is 18.4 Å². The van der Waals surface area contributed by atoms with Crippen molar-refractivity contribution in [2.24, 2.45) is 5.92 Å². The maximum atomic E-state index is 12.1. The molecule has 0 atom stereocenters. The van der Waals surface area contributed by atoms with Gasteiger partial charge in [0.15, 0.2) is 0 Å². The fourth-order valence-electron chi connectivity index (χ4n) is 2.23. The quantitative estimate of drug-likeness (QED) is 0.680. The topological polar surface area (TPSA) is 79.5 Å². The summed E-state index contributed by atoms with van der Waals surface area (Å²) < 4.78 is 5.66. The molecule has 0 fully saturated rings. The molecule has 2 aromatic rings. The van der Waals surface area contributed by atoms with Crippen LogP contribution in [0.15, 0.2) is 48.5 Å². The Morgan fingerprint density at radius 3 is 2.50 bits per heavy atom. The van der Waals surface area contributed by atoms with Crippen molar-refractivity contribution in [2.75, 3.05) is 30.8 Å². The van der Waals surface area contributed by atoms with Crippen LogP contribution in [0.2, 0.25) is 0 Å². The van der Waals surface area contributed by atoms with Gasteiger partial charge in [-0.25, -0.2) is 0 Å². The maximum Gasteiger partial charge on any atom is 0.251 e. The molecule has 6 heteroatoms. The predicted octanol–water partition coefficient (Wildman–Crippen LogP) is 3.13. The van der Waals surface area contributed by atoms with Gasteiger partial charge in [-0.3, -0.25) is 9.59 Å². The fraction of sp³-hybridized carbons (Fsp3) is 0.300. The number of carbonyl (C=O) groups is 2. The lowest BCUT2D eigenvalue weighted by Gasteiger charge is -2.11. The Hall–Kier alpha value is -3.02. The summed E-state index contributed by atoms with van der Waals surface area (Å²) in [6, 6.07) is 14.3. The van der Waals surface area contributed by atoms with Gasteiger partial charge in [0.1, 0.15) is 5.75 Å². The van der Waals surface area contributed by atoms with Crippen LogP contribution in [0.1, 0.15) is 24.2 Å². The number of carbonyl (C=O) groups excluding carboxylic acids is 2. The molecule has 0 aromatic heterocycles. The van der Waals surface area contributed by atoms with Crippen LogP contribution in [0.4, 0.5) is 11.4 Å². The Balaban J connectivity index is 1.89. The zero-order valence-electron chi connectivity index (χ0n) is 15.3. The molecule has 2 amide bonds. The standard InChI is InChI=1S/C20H25N3O3/c1-14(2)13-26-18-9-5-8-17(11-18)23-19(24)12-22-16-7-4-6-15(10-16)20(25)21-3/h4-11,14,22H,12-13H2,1-3H3,(H,21,25)(H,23,24). The molecule has 2 rings (SSSR count). The van der Waals surface area contributed by atoms with Gasteiger partial charge in [0.25, 0.3) is 5.91 Å². The first kappa shape index (κ1) is 19.3. The summed E-state index contributed by atoms with van der Waals surface area (Å²) in [6.07, 6.45) is 0. The SMILES string of the molecule is CNC(=O)c1cccc(NCC(=O)Nc2cccc(OCC(C)C)c2)c1. The monoisotopic (exact) mass is 355 g/mol. The highest BCUT2D eigenvalue weighted by molar-refractivity contribution is 5.96. The summed E-state index contributed by atoms with van der Waals surface area (Å²) in [5.41, 5.74) is 1.92. The summed E-state index contributed by atoms with van der Waals surface area (Å²) in [7, 11) is 1.58. The molecule has 26 heavy (non-hydrogen) atoms. The molecule has 138 valence electrons. The zero-order chi connectivity index (χ0) is 18.9. The van der Waals surface area contributed by atoms with Crippen molar-refractivity contribution in [3.8, 4) is 5.75 Å². The summed E-state index contributed by atoms with van der Waals surface area (Å²) in [5, 5.41) is 8.41. The molecular weight excluding hydrogens is 330 g/mol. The average molecular weight is 355 g/mol. The van der Waals surface area contributed by atoms with Gasteiger partial charge in [-0.15, -0.1) is 0 Å². The van der Waals surface area contributed by atoms with Crippen LogP contribution < -0.4 is 20.7 Å². The average Bonchev–Trinajstić information content (AvgIpc) is 2.64. The van der Waals surface area contributed by atoms with E-state index in [0.29, 0.717) is 29.5 Å². The number of rotatable bonds is 8. The van der Waals surface area contributed by atoms with Crippen LogP contribution in [0.3, 0.4) is 0 Å². The van der Waals surface area contributed by atoms with Crippen molar-refractivity contribution < 1.29 is 14.3 Å². The van der Waals surface area contributed by atoms with Gasteiger partial charge >= 0.3 is 0 Å². The summed E-state index contributed by atoms with van der Waals surface area (Å²) in [4.78, 5) is 23.8. The van der Waals surface area contributed by atoms with Crippen molar-refractivity contribution >= 4 is 23.2 Å². The molecule has 0 bridgehead atoms. The fourth-order valence-corrected chi connectivity index (χ4v) is 2.23. The Bertz CT molecular complexity index is 759. The third kappa shape index (κ3) is 6.12. The lowest BCUT2D eigenvalue weighted by molar-refractivity contribution is -0.114. The van der Waals surface area contributed by atoms with Crippen LogP contribution in [-0.4, -0.2) is 32.0 Å². The van der Waals surface area contributed by atoms with E-state index in [1.807, 2.05) is 18.2 Å². The minimum absolute atomic E-state index is 0.0915. The van der Waals surface area contributed by atoms with Crippen LogP contribution in [0, 0.1) is 5.92 Å². The lowest BCUT2D eigenvalue weighted by atomic mass is 10.2. The van der Waals surface area contributed by atoms with Gasteiger partial charge < -0.3 is 20.7 Å². The molecule has 0 aliphatic carbocycles. The van der Waals surface area contributed by atoms with Crippen molar-refractivity contribution in [3.05, 3.63) is 54.1 Å². The van der Waals surface area contributed by atoms with Crippen LogP contribution in [-0.2, 0) is 4.79 Å². The highest BCUT2D eigenvalue weighted by atomic mass is 16.5. The Labute approximate surface area is 153 Å². The first-order valence-corrected chi connectivity index (χ1v) is 8.56. The van der Waals surface area contributed by atoms with E-state index in [2.05, 4.69) is 29.8 Å². The third-order valence-electron chi connectivity index (χ3n) is 3.51. The van der Waals surface area contributed by atoms with Crippen molar-refractivity contribution in [1.29, 1.82) is 0 Å². The number of hydrogen-bond donors (Lipinski definition) is 3. The molecule has 0 heterocycles. The molecule has 6 nitrogen and oxygen atoms in total. The van der Waals surface area contributed by atoms with E-state index >= 15 is 0 Å². The number of ether oxygens (including phenoxy) is 1. The van der Waals surface area contributed by atoms with E-state index in [4.69, 9.17) is 4.74 Å². The highest BCUT2D eigenvalue weighted by Crippen LogP contribution is 2.18. The van der Waals surface area contributed by atoms with Crippen molar-refractivity contribution in [1.82, 2.24) is 5.32 Å². The molecule has 0 aliphatic rings. The number of amides is 2. The lowest BCUT2D eigenvalue weighted by Crippen LogP contribution is -2.22. The molecule has 2 aromatic carbocycles. The second-order valence-corrected chi connectivity index (χ2v) is 6.29. The molecule has 0 aliphatic heterocycles. The Morgan fingerprint density at radius 1 is 1.04 bits per heavy atom. The molecular formula is C20H25N3O3. The van der Waals surface area contributed by atoms with E-state index < -0.39 is 0 Å². The van der Waals surface area contributed by atoms with Crippen LogP contribution in [0.25, 0.3) is 0 Å². The first-order chi connectivity index (χ1) is 12.5. The molecule has 0 unspecified atom stereocenters. The normalized spacial score (nSPS) is 10.3. The molecule has 3 N–H and O–H groups in total. The maximum absolute atomic E-state index is 12.1. The minimum atomic E-state index is -0.184. The smallest absolute Gasteiger partial charge is 0.251 e. The molecule has 0 spiro atoms. The van der Waals surface area contributed by atoms with E-state index in [1.54, 1.807) is 37.4 Å². The molecule has 0 saturated carbocycles. The summed E-state index contributed by atoms with van der Waals surface area (Å²) >= 11 is 0. The van der Waals surface area contributed by atoms with Gasteiger partial charge in [0, 0.05) is 30.1 Å². The second kappa shape index (κ2) is 9.46. The van der Waals surface area contributed by atoms with E-state index in [9.17, 15) is 9.59 Å². The van der Waals surface area contributed by atoms with Gasteiger partial charge in [-0.2, -0.15) is 0 Å². The Morgan fingerprint density at radius 2 is 1.77 bits per heavy atom. The summed E-state index contributed by atoms with van der Waals surface area (Å²) in [6.45, 7) is 4.88. The largest absolute Gasteiger partial charge is 0.493 e. The van der Waals surface area contributed by atoms with Gasteiger partial charge in [-0.1, -0.05) is 26.0 Å². The van der Waals surface area contributed by atoms with Gasteiger partial charge in [-0.05, 0) is 36.2 Å². The Kier molecular flexibility index (Phi) is 7.02. The number of anilines is 2.